The summed E-state index contributed by atoms with van der Waals surface area (Å²) in [5, 5.41) is 2.47. The minimum Gasteiger partial charge on any atom is -0.207 e. The van der Waals surface area contributed by atoms with E-state index < -0.39 is 0 Å². The normalized spacial score (nSPS) is 11.0. The molecule has 0 spiro atoms. The number of fused-ring (bicyclic) bond motifs is 1. The molecule has 0 aromatic heterocycles. The lowest BCUT2D eigenvalue weighted by molar-refractivity contribution is 0.628. The Morgan fingerprint density at radius 3 is 2.35 bits per heavy atom. The molecule has 0 aliphatic heterocycles. The fourth-order valence-corrected chi connectivity index (χ4v) is 3.05. The Morgan fingerprint density at radius 1 is 0.739 bits per heavy atom. The second-order valence-corrected chi connectivity index (χ2v) is 6.22. The van der Waals surface area contributed by atoms with Gasteiger partial charge in [-0.3, -0.25) is 0 Å². The van der Waals surface area contributed by atoms with Gasteiger partial charge in [0.05, 0.1) is 0 Å². The average molecular weight is 306 g/mol. The van der Waals surface area contributed by atoms with Crippen LogP contribution in [0.5, 0.6) is 0 Å². The van der Waals surface area contributed by atoms with Crippen molar-refractivity contribution in [2.75, 3.05) is 0 Å². The van der Waals surface area contributed by atoms with Crippen LogP contribution in [-0.4, -0.2) is 0 Å². The summed E-state index contributed by atoms with van der Waals surface area (Å²) in [6.07, 6.45) is 6.33. The molecule has 3 rings (SSSR count). The van der Waals surface area contributed by atoms with Crippen molar-refractivity contribution in [3.8, 4) is 11.1 Å². The first-order valence-corrected chi connectivity index (χ1v) is 8.55. The van der Waals surface area contributed by atoms with Gasteiger partial charge < -0.3 is 0 Å². The van der Waals surface area contributed by atoms with E-state index in [2.05, 4.69) is 43.3 Å². The molecule has 0 fully saturated rings. The Morgan fingerprint density at radius 2 is 1.52 bits per heavy atom. The number of aryl methyl sites for hydroxylation is 1. The summed E-state index contributed by atoms with van der Waals surface area (Å²) in [5.74, 6) is -0.190. The van der Waals surface area contributed by atoms with Crippen molar-refractivity contribution < 1.29 is 4.39 Å². The zero-order chi connectivity index (χ0) is 16.1. The van der Waals surface area contributed by atoms with Crippen molar-refractivity contribution in [2.45, 2.75) is 39.0 Å². The Labute approximate surface area is 138 Å². The molecule has 0 saturated carbocycles. The van der Waals surface area contributed by atoms with Crippen LogP contribution in [0.15, 0.2) is 60.7 Å². The first kappa shape index (κ1) is 15.7. The van der Waals surface area contributed by atoms with Crippen LogP contribution in [0.1, 0.15) is 38.2 Å². The predicted octanol–water partition coefficient (Wildman–Crippen LogP) is 6.77. The number of rotatable bonds is 6. The molecule has 0 radical (unpaired) electrons. The largest absolute Gasteiger partial charge is 0.207 e. The van der Waals surface area contributed by atoms with Crippen LogP contribution < -0.4 is 0 Å². The fourth-order valence-electron chi connectivity index (χ4n) is 3.05. The van der Waals surface area contributed by atoms with E-state index in [1.807, 2.05) is 6.07 Å². The van der Waals surface area contributed by atoms with Gasteiger partial charge >= 0.3 is 0 Å². The molecule has 1 heteroatoms. The summed E-state index contributed by atoms with van der Waals surface area (Å²) in [5.41, 5.74) is 3.40. The molecule has 118 valence electrons. The van der Waals surface area contributed by atoms with E-state index in [1.165, 1.54) is 48.1 Å². The maximum atomic E-state index is 13.4. The first-order chi connectivity index (χ1) is 11.3. The van der Waals surface area contributed by atoms with E-state index >= 15 is 0 Å². The SMILES string of the molecule is CCCCCCc1ccc2cc(-c3cccc(F)c3)ccc2c1. The van der Waals surface area contributed by atoms with Crippen molar-refractivity contribution in [3.05, 3.63) is 72.0 Å². The van der Waals surface area contributed by atoms with Gasteiger partial charge in [0.1, 0.15) is 5.82 Å². The molecule has 3 aromatic rings. The molecule has 0 unspecified atom stereocenters. The van der Waals surface area contributed by atoms with Crippen LogP contribution in [0.4, 0.5) is 4.39 Å². The van der Waals surface area contributed by atoms with E-state index in [9.17, 15) is 4.39 Å². The fraction of sp³-hybridized carbons (Fsp3) is 0.273. The maximum Gasteiger partial charge on any atom is 0.123 e. The lowest BCUT2D eigenvalue weighted by atomic mass is 9.98. The lowest BCUT2D eigenvalue weighted by Crippen LogP contribution is -1.87. The Balaban J connectivity index is 1.81. The number of hydrogen-bond donors (Lipinski definition) is 0. The summed E-state index contributed by atoms with van der Waals surface area (Å²) < 4.78 is 13.4. The Kier molecular flexibility index (Phi) is 5.07. The molecule has 0 aliphatic carbocycles. The molecule has 0 saturated heterocycles. The van der Waals surface area contributed by atoms with Gasteiger partial charge in [0.2, 0.25) is 0 Å². The van der Waals surface area contributed by atoms with Crippen LogP contribution in [0.2, 0.25) is 0 Å². The van der Waals surface area contributed by atoms with Crippen molar-refractivity contribution in [2.24, 2.45) is 0 Å². The summed E-state index contributed by atoms with van der Waals surface area (Å²) in [4.78, 5) is 0. The summed E-state index contributed by atoms with van der Waals surface area (Å²) >= 11 is 0. The van der Waals surface area contributed by atoms with Crippen molar-refractivity contribution in [3.63, 3.8) is 0 Å². The highest BCUT2D eigenvalue weighted by Crippen LogP contribution is 2.26. The van der Waals surface area contributed by atoms with Crippen LogP contribution in [0.3, 0.4) is 0 Å². The van der Waals surface area contributed by atoms with E-state index in [-0.39, 0.29) is 5.82 Å². The summed E-state index contributed by atoms with van der Waals surface area (Å²) in [6, 6.07) is 19.8. The minimum atomic E-state index is -0.190. The zero-order valence-electron chi connectivity index (χ0n) is 13.7. The lowest BCUT2D eigenvalue weighted by Gasteiger charge is -2.07. The highest BCUT2D eigenvalue weighted by atomic mass is 19.1. The second-order valence-electron chi connectivity index (χ2n) is 6.22. The van der Waals surface area contributed by atoms with Gasteiger partial charge in [-0.15, -0.1) is 0 Å². The maximum absolute atomic E-state index is 13.4. The number of halogens is 1. The second kappa shape index (κ2) is 7.41. The third-order valence-corrected chi connectivity index (χ3v) is 4.38. The highest BCUT2D eigenvalue weighted by molar-refractivity contribution is 5.87. The van der Waals surface area contributed by atoms with Crippen LogP contribution >= 0.6 is 0 Å². The van der Waals surface area contributed by atoms with Gasteiger partial charge in [0, 0.05) is 0 Å². The molecule has 0 amide bonds. The Hall–Kier alpha value is -2.15. The summed E-state index contributed by atoms with van der Waals surface area (Å²) in [7, 11) is 0. The standard InChI is InChI=1S/C22H23F/c1-2-3-4-5-7-17-10-11-20-15-21(13-12-19(20)14-17)18-8-6-9-22(23)16-18/h6,8-16H,2-5,7H2,1H3. The molecule has 0 N–H and O–H groups in total. The topological polar surface area (TPSA) is 0 Å². The monoisotopic (exact) mass is 306 g/mol. The molecule has 0 aliphatic rings. The molecular weight excluding hydrogens is 283 g/mol. The number of unbranched alkanes of at least 4 members (excludes halogenated alkanes) is 3. The van der Waals surface area contributed by atoms with Gasteiger partial charge in [-0.1, -0.05) is 68.7 Å². The summed E-state index contributed by atoms with van der Waals surface area (Å²) in [6.45, 7) is 2.24. The van der Waals surface area contributed by atoms with E-state index in [1.54, 1.807) is 12.1 Å². The van der Waals surface area contributed by atoms with Gasteiger partial charge in [-0.25, -0.2) is 4.39 Å². The molecule has 0 nitrogen and oxygen atoms in total. The quantitative estimate of drug-likeness (QED) is 0.441. The molecule has 0 bridgehead atoms. The number of hydrogen-bond acceptors (Lipinski definition) is 0. The van der Waals surface area contributed by atoms with Crippen molar-refractivity contribution in [1.29, 1.82) is 0 Å². The molecule has 0 heterocycles. The van der Waals surface area contributed by atoms with E-state index in [0.717, 1.165) is 17.5 Å². The van der Waals surface area contributed by atoms with Gasteiger partial charge in [0.15, 0.2) is 0 Å². The van der Waals surface area contributed by atoms with Gasteiger partial charge in [-0.05, 0) is 58.5 Å². The van der Waals surface area contributed by atoms with E-state index in [0.29, 0.717) is 0 Å². The van der Waals surface area contributed by atoms with Gasteiger partial charge in [0.25, 0.3) is 0 Å². The van der Waals surface area contributed by atoms with Crippen LogP contribution in [-0.2, 0) is 6.42 Å². The van der Waals surface area contributed by atoms with Crippen molar-refractivity contribution >= 4 is 10.8 Å². The Bertz CT molecular complexity index is 789. The van der Waals surface area contributed by atoms with Crippen molar-refractivity contribution in [1.82, 2.24) is 0 Å². The first-order valence-electron chi connectivity index (χ1n) is 8.55. The molecular formula is C22H23F. The average Bonchev–Trinajstić information content (AvgIpc) is 2.58. The zero-order valence-corrected chi connectivity index (χ0v) is 13.7. The molecule has 23 heavy (non-hydrogen) atoms. The minimum absolute atomic E-state index is 0.190. The van der Waals surface area contributed by atoms with Crippen LogP contribution in [0.25, 0.3) is 21.9 Å². The predicted molar refractivity (Wildman–Crippen MR) is 97.2 cm³/mol. The van der Waals surface area contributed by atoms with Gasteiger partial charge in [-0.2, -0.15) is 0 Å². The molecule has 0 atom stereocenters. The van der Waals surface area contributed by atoms with Crippen LogP contribution in [0, 0.1) is 5.82 Å². The smallest absolute Gasteiger partial charge is 0.123 e. The van der Waals surface area contributed by atoms with E-state index in [4.69, 9.17) is 0 Å². The number of benzene rings is 3. The third kappa shape index (κ3) is 3.98. The molecule has 3 aromatic carbocycles. The highest BCUT2D eigenvalue weighted by Gasteiger charge is 2.02. The third-order valence-electron chi connectivity index (χ3n) is 4.38.